The highest BCUT2D eigenvalue weighted by Crippen LogP contribution is 2.29. The summed E-state index contributed by atoms with van der Waals surface area (Å²) in [4.78, 5) is 63.6. The van der Waals surface area contributed by atoms with Gasteiger partial charge >= 0.3 is 24.1 Å². The van der Waals surface area contributed by atoms with Gasteiger partial charge < -0.3 is 34.9 Å². The SMILES string of the molecule is CCCCCCCC(=O)O[C@H](CCNC(=O)OCc1ccccc1)C(=O)N[C@@H](CCNC(=O)OC(C)(C)C)C(=O)Oc1c(F)c(F)c(F)c(F)c1F. The number of hydrogen-bond acceptors (Lipinski definition) is 9. The molecule has 17 heteroatoms. The molecule has 2 aromatic carbocycles. The lowest BCUT2D eigenvalue weighted by atomic mass is 10.1. The predicted molar refractivity (Wildman–Crippen MR) is 175 cm³/mol. The molecular weight excluding hydrogens is 701 g/mol. The summed E-state index contributed by atoms with van der Waals surface area (Å²) in [6, 6.07) is 6.83. The topological polar surface area (TPSA) is 158 Å². The number of carbonyl (C=O) groups is 5. The Labute approximate surface area is 298 Å². The van der Waals surface area contributed by atoms with Crippen molar-refractivity contribution in [1.29, 1.82) is 0 Å². The molecule has 2 atom stereocenters. The van der Waals surface area contributed by atoms with Crippen LogP contribution in [0.2, 0.25) is 0 Å². The van der Waals surface area contributed by atoms with Gasteiger partial charge in [-0.05, 0) is 39.2 Å². The van der Waals surface area contributed by atoms with Crippen molar-refractivity contribution in [2.24, 2.45) is 0 Å². The fraction of sp³-hybridized carbons (Fsp3) is 0.514. The number of rotatable bonds is 19. The maximum Gasteiger partial charge on any atom is 0.407 e. The second kappa shape index (κ2) is 21.4. The maximum absolute atomic E-state index is 14.3. The summed E-state index contributed by atoms with van der Waals surface area (Å²) in [7, 11) is 0. The zero-order valence-electron chi connectivity index (χ0n) is 29.4. The molecule has 0 aliphatic carbocycles. The summed E-state index contributed by atoms with van der Waals surface area (Å²) < 4.78 is 90.0. The van der Waals surface area contributed by atoms with Crippen molar-refractivity contribution in [2.75, 3.05) is 13.1 Å². The Balaban J connectivity index is 2.23. The molecule has 0 saturated heterocycles. The number of amides is 3. The molecule has 288 valence electrons. The first-order valence-electron chi connectivity index (χ1n) is 16.7. The van der Waals surface area contributed by atoms with E-state index < -0.39 is 95.6 Å². The average molecular weight is 746 g/mol. The lowest BCUT2D eigenvalue weighted by Gasteiger charge is -2.23. The third kappa shape index (κ3) is 15.1. The standard InChI is InChI=1S/C35H44F5N3O9/c1-5-6-7-8-12-15-24(44)50-23(17-19-41-33(47)49-20-21-13-10-9-11-14-21)31(45)43-22(16-18-42-34(48)52-35(2,3)4)32(46)51-30-28(39)26(37)25(36)27(38)29(30)40/h9-11,13-14,22-23H,5-8,12,15-20H2,1-4H3,(H,41,47)(H,42,48)(H,43,45)/t22-,23+/m0/s1. The van der Waals surface area contributed by atoms with E-state index in [4.69, 9.17) is 14.2 Å². The Morgan fingerprint density at radius 1 is 0.750 bits per heavy atom. The molecule has 2 rings (SSSR count). The van der Waals surface area contributed by atoms with E-state index in [2.05, 4.69) is 20.7 Å². The highest BCUT2D eigenvalue weighted by Gasteiger charge is 2.33. The van der Waals surface area contributed by atoms with Crippen molar-refractivity contribution < 1.29 is 64.9 Å². The van der Waals surface area contributed by atoms with Gasteiger partial charge in [0.2, 0.25) is 34.8 Å². The smallest absolute Gasteiger partial charge is 0.407 e. The zero-order chi connectivity index (χ0) is 38.8. The van der Waals surface area contributed by atoms with Crippen LogP contribution in [0.4, 0.5) is 31.5 Å². The van der Waals surface area contributed by atoms with Gasteiger partial charge in [0.25, 0.3) is 5.91 Å². The van der Waals surface area contributed by atoms with E-state index in [9.17, 15) is 45.9 Å². The van der Waals surface area contributed by atoms with E-state index in [1.807, 2.05) is 6.92 Å². The Kier molecular flexibility index (Phi) is 17.8. The van der Waals surface area contributed by atoms with Gasteiger partial charge in [0, 0.05) is 25.9 Å². The van der Waals surface area contributed by atoms with E-state index in [-0.39, 0.29) is 26.0 Å². The van der Waals surface area contributed by atoms with Crippen molar-refractivity contribution in [3.63, 3.8) is 0 Å². The quantitative estimate of drug-likeness (QED) is 0.0287. The van der Waals surface area contributed by atoms with E-state index in [1.54, 1.807) is 51.1 Å². The largest absolute Gasteiger partial charge is 0.452 e. The number of hydrogen-bond donors (Lipinski definition) is 3. The summed E-state index contributed by atoms with van der Waals surface area (Å²) in [6.07, 6.45) is -0.463. The number of carbonyl (C=O) groups excluding carboxylic acids is 5. The number of esters is 2. The van der Waals surface area contributed by atoms with Crippen LogP contribution < -0.4 is 20.7 Å². The molecule has 52 heavy (non-hydrogen) atoms. The first-order valence-corrected chi connectivity index (χ1v) is 16.7. The molecule has 0 aliphatic rings. The molecule has 0 heterocycles. The number of benzene rings is 2. The monoisotopic (exact) mass is 745 g/mol. The average Bonchev–Trinajstić information content (AvgIpc) is 3.09. The van der Waals surface area contributed by atoms with E-state index in [1.165, 1.54) is 0 Å². The number of halogens is 5. The van der Waals surface area contributed by atoms with Gasteiger partial charge in [-0.25, -0.2) is 27.6 Å². The Bertz CT molecular complexity index is 1490. The van der Waals surface area contributed by atoms with Crippen molar-refractivity contribution in [2.45, 2.75) is 103 Å². The van der Waals surface area contributed by atoms with Crippen LogP contribution >= 0.6 is 0 Å². The number of ether oxygens (including phenoxy) is 4. The number of alkyl carbamates (subject to hydrolysis) is 2. The van der Waals surface area contributed by atoms with Gasteiger partial charge in [0.05, 0.1) is 0 Å². The second-order valence-corrected chi connectivity index (χ2v) is 12.5. The van der Waals surface area contributed by atoms with Crippen LogP contribution in [0.15, 0.2) is 30.3 Å². The molecule has 2 aromatic rings. The lowest BCUT2D eigenvalue weighted by molar-refractivity contribution is -0.157. The molecule has 0 radical (unpaired) electrons. The third-order valence-corrected chi connectivity index (χ3v) is 7.01. The summed E-state index contributed by atoms with van der Waals surface area (Å²) >= 11 is 0. The van der Waals surface area contributed by atoms with Crippen LogP contribution in [-0.2, 0) is 35.2 Å². The predicted octanol–water partition coefficient (Wildman–Crippen LogP) is 6.28. The fourth-order valence-corrected chi connectivity index (χ4v) is 4.41. The minimum Gasteiger partial charge on any atom is -0.452 e. The summed E-state index contributed by atoms with van der Waals surface area (Å²) in [5, 5.41) is 6.88. The first-order chi connectivity index (χ1) is 24.5. The van der Waals surface area contributed by atoms with Crippen LogP contribution in [0, 0.1) is 29.1 Å². The van der Waals surface area contributed by atoms with Gasteiger partial charge in [-0.1, -0.05) is 62.9 Å². The maximum atomic E-state index is 14.3. The van der Waals surface area contributed by atoms with Crippen LogP contribution in [0.3, 0.4) is 0 Å². The minimum atomic E-state index is -2.49. The summed E-state index contributed by atoms with van der Waals surface area (Å²) in [5.74, 6) is -17.7. The molecule has 12 nitrogen and oxygen atoms in total. The molecule has 0 spiro atoms. The molecule has 0 aromatic heterocycles. The second-order valence-electron chi connectivity index (χ2n) is 12.5. The van der Waals surface area contributed by atoms with Crippen LogP contribution in [0.1, 0.15) is 84.6 Å². The zero-order valence-corrected chi connectivity index (χ0v) is 29.4. The molecular formula is C35H44F5N3O9. The molecule has 0 unspecified atom stereocenters. The van der Waals surface area contributed by atoms with E-state index in [0.717, 1.165) is 19.3 Å². The van der Waals surface area contributed by atoms with Gasteiger partial charge in [-0.2, -0.15) is 8.78 Å². The molecule has 3 N–H and O–H groups in total. The molecule has 0 saturated carbocycles. The van der Waals surface area contributed by atoms with Crippen molar-refractivity contribution in [1.82, 2.24) is 16.0 Å². The highest BCUT2D eigenvalue weighted by molar-refractivity contribution is 5.89. The van der Waals surface area contributed by atoms with Gasteiger partial charge in [-0.15, -0.1) is 0 Å². The Hall–Kier alpha value is -4.96. The van der Waals surface area contributed by atoms with Crippen molar-refractivity contribution in [3.8, 4) is 5.75 Å². The lowest BCUT2D eigenvalue weighted by Crippen LogP contribution is -2.50. The van der Waals surface area contributed by atoms with Gasteiger partial charge in [0.1, 0.15) is 18.2 Å². The van der Waals surface area contributed by atoms with Gasteiger partial charge in [-0.3, -0.25) is 9.59 Å². The summed E-state index contributed by atoms with van der Waals surface area (Å²) in [5.41, 5.74) is -0.218. The molecule has 0 aliphatic heterocycles. The molecule has 0 bridgehead atoms. The van der Waals surface area contributed by atoms with E-state index in [0.29, 0.717) is 18.4 Å². The third-order valence-electron chi connectivity index (χ3n) is 7.01. The summed E-state index contributed by atoms with van der Waals surface area (Å²) in [6.45, 7) is 5.97. The van der Waals surface area contributed by atoms with Crippen molar-refractivity contribution >= 4 is 30.0 Å². The van der Waals surface area contributed by atoms with Crippen LogP contribution in [0.25, 0.3) is 0 Å². The van der Waals surface area contributed by atoms with E-state index >= 15 is 0 Å². The Morgan fingerprint density at radius 2 is 1.33 bits per heavy atom. The van der Waals surface area contributed by atoms with Crippen molar-refractivity contribution in [3.05, 3.63) is 65.0 Å². The minimum absolute atomic E-state index is 0.0617. The van der Waals surface area contributed by atoms with Gasteiger partial charge in [0.15, 0.2) is 6.10 Å². The Morgan fingerprint density at radius 3 is 1.94 bits per heavy atom. The first kappa shape index (κ1) is 43.2. The highest BCUT2D eigenvalue weighted by atomic mass is 19.2. The molecule has 3 amide bonds. The fourth-order valence-electron chi connectivity index (χ4n) is 4.41. The molecule has 0 fully saturated rings. The number of unbranched alkanes of at least 4 members (excludes halogenated alkanes) is 4. The normalized spacial score (nSPS) is 12.2. The number of nitrogens with one attached hydrogen (secondary N) is 3. The van der Waals surface area contributed by atoms with Crippen LogP contribution in [0.5, 0.6) is 5.75 Å². The van der Waals surface area contributed by atoms with Crippen LogP contribution in [-0.4, -0.2) is 60.9 Å².